The maximum absolute atomic E-state index is 11.6. The van der Waals surface area contributed by atoms with Gasteiger partial charge in [-0.2, -0.15) is 0 Å². The average molecular weight is 358 g/mol. The highest BCUT2D eigenvalue weighted by atomic mass is 79.9. The Kier molecular flexibility index (Phi) is 6.29. The molecule has 116 valence electrons. The second kappa shape index (κ2) is 7.51. The van der Waals surface area contributed by atoms with E-state index in [4.69, 9.17) is 0 Å². The van der Waals surface area contributed by atoms with E-state index in [0.717, 1.165) is 0 Å². The van der Waals surface area contributed by atoms with Crippen molar-refractivity contribution in [2.45, 2.75) is 39.3 Å². The Morgan fingerprint density at radius 3 is 2.62 bits per heavy atom. The van der Waals surface area contributed by atoms with Crippen molar-refractivity contribution in [1.82, 2.24) is 10.6 Å². The number of carbonyl (C=O) groups is 1. The molecule has 0 bridgehead atoms. The molecule has 7 heteroatoms. The lowest BCUT2D eigenvalue weighted by molar-refractivity contribution is -0.385. The molecule has 1 aromatic rings. The van der Waals surface area contributed by atoms with Crippen LogP contribution in [0.1, 0.15) is 32.8 Å². The van der Waals surface area contributed by atoms with Crippen molar-refractivity contribution in [3.63, 3.8) is 0 Å². The first-order chi connectivity index (χ1) is 9.69. The van der Waals surface area contributed by atoms with Crippen LogP contribution in [0.25, 0.3) is 0 Å². The van der Waals surface area contributed by atoms with Crippen molar-refractivity contribution in [3.05, 3.63) is 38.3 Å². The summed E-state index contributed by atoms with van der Waals surface area (Å²) in [5.74, 6) is -0.0414. The molecule has 0 heterocycles. The summed E-state index contributed by atoms with van der Waals surface area (Å²) in [6.07, 6.45) is 0.335. The molecular weight excluding hydrogens is 338 g/mol. The molecule has 0 aliphatic rings. The number of nitro benzene ring substituents is 1. The number of nitrogens with one attached hydrogen (secondary N) is 2. The van der Waals surface area contributed by atoms with E-state index in [2.05, 4.69) is 26.6 Å². The smallest absolute Gasteiger partial charge is 0.275 e. The molecule has 0 spiro atoms. The first-order valence-electron chi connectivity index (χ1n) is 6.63. The normalized spacial score (nSPS) is 11.2. The summed E-state index contributed by atoms with van der Waals surface area (Å²) in [5.41, 5.74) is 0.414. The summed E-state index contributed by atoms with van der Waals surface area (Å²) in [4.78, 5) is 22.2. The summed E-state index contributed by atoms with van der Waals surface area (Å²) in [6, 6.07) is 4.93. The number of amides is 1. The summed E-state index contributed by atoms with van der Waals surface area (Å²) in [5, 5.41) is 16.9. The highest BCUT2D eigenvalue weighted by Gasteiger charge is 2.15. The molecule has 0 aliphatic carbocycles. The van der Waals surface area contributed by atoms with E-state index >= 15 is 0 Å². The van der Waals surface area contributed by atoms with E-state index in [1.807, 2.05) is 20.8 Å². The van der Waals surface area contributed by atoms with Crippen LogP contribution in [0.15, 0.2) is 22.7 Å². The van der Waals surface area contributed by atoms with Crippen LogP contribution in [0.2, 0.25) is 0 Å². The maximum atomic E-state index is 11.6. The molecule has 1 amide bonds. The van der Waals surface area contributed by atoms with Crippen LogP contribution in [-0.2, 0) is 11.3 Å². The van der Waals surface area contributed by atoms with Crippen LogP contribution in [0.4, 0.5) is 5.69 Å². The van der Waals surface area contributed by atoms with E-state index in [9.17, 15) is 14.9 Å². The third kappa shape index (κ3) is 6.68. The van der Waals surface area contributed by atoms with Crippen molar-refractivity contribution in [2.75, 3.05) is 6.54 Å². The molecule has 2 N–H and O–H groups in total. The minimum absolute atomic E-state index is 0.0414. The van der Waals surface area contributed by atoms with Crippen molar-refractivity contribution in [3.8, 4) is 0 Å². The third-order valence-electron chi connectivity index (χ3n) is 2.60. The lowest BCUT2D eigenvalue weighted by Gasteiger charge is -2.20. The fourth-order valence-electron chi connectivity index (χ4n) is 1.76. The molecule has 1 aromatic carbocycles. The zero-order valence-corrected chi connectivity index (χ0v) is 14.0. The second-order valence-corrected chi connectivity index (χ2v) is 6.67. The Hall–Kier alpha value is -1.47. The van der Waals surface area contributed by atoms with E-state index in [-0.39, 0.29) is 17.1 Å². The van der Waals surface area contributed by atoms with Gasteiger partial charge in [0.15, 0.2) is 0 Å². The average Bonchev–Trinajstić information content (AvgIpc) is 2.33. The number of nitro groups is 1. The van der Waals surface area contributed by atoms with Crippen LogP contribution in [0, 0.1) is 10.1 Å². The predicted octanol–water partition coefficient (Wildman–Crippen LogP) is 2.75. The van der Waals surface area contributed by atoms with Crippen LogP contribution >= 0.6 is 15.9 Å². The molecule has 1 rings (SSSR count). The first-order valence-corrected chi connectivity index (χ1v) is 7.43. The van der Waals surface area contributed by atoms with E-state index in [1.54, 1.807) is 12.1 Å². The van der Waals surface area contributed by atoms with Gasteiger partial charge in [0.05, 0.1) is 4.92 Å². The van der Waals surface area contributed by atoms with Crippen LogP contribution in [0.5, 0.6) is 0 Å². The Morgan fingerprint density at radius 1 is 1.38 bits per heavy atom. The Balaban J connectivity index is 2.47. The highest BCUT2D eigenvalue weighted by molar-refractivity contribution is 9.10. The molecule has 21 heavy (non-hydrogen) atoms. The number of hydrogen-bond acceptors (Lipinski definition) is 4. The fourth-order valence-corrected chi connectivity index (χ4v) is 2.11. The standard InChI is InChI=1S/C14H20BrN3O3/c1-14(2,3)17-13(19)6-7-16-9-10-4-5-11(15)8-12(10)18(20)21/h4-5,8,16H,6-7,9H2,1-3H3,(H,17,19). The van der Waals surface area contributed by atoms with Gasteiger partial charge >= 0.3 is 0 Å². The summed E-state index contributed by atoms with van der Waals surface area (Å²) in [7, 11) is 0. The summed E-state index contributed by atoms with van der Waals surface area (Å²) in [6.45, 7) is 6.58. The molecular formula is C14H20BrN3O3. The monoisotopic (exact) mass is 357 g/mol. The summed E-state index contributed by atoms with van der Waals surface area (Å²) < 4.78 is 0.669. The SMILES string of the molecule is CC(C)(C)NC(=O)CCNCc1ccc(Br)cc1[N+](=O)[O-]. The lowest BCUT2D eigenvalue weighted by atomic mass is 10.1. The molecule has 0 unspecified atom stereocenters. The molecule has 0 saturated heterocycles. The highest BCUT2D eigenvalue weighted by Crippen LogP contribution is 2.23. The van der Waals surface area contributed by atoms with E-state index in [1.165, 1.54) is 6.07 Å². The molecule has 0 atom stereocenters. The number of rotatable bonds is 6. The molecule has 0 fully saturated rings. The van der Waals surface area contributed by atoms with Crippen LogP contribution in [0.3, 0.4) is 0 Å². The maximum Gasteiger partial charge on any atom is 0.275 e. The number of halogens is 1. The quantitative estimate of drug-likeness (QED) is 0.465. The zero-order valence-electron chi connectivity index (χ0n) is 12.4. The third-order valence-corrected chi connectivity index (χ3v) is 3.10. The minimum atomic E-state index is -0.409. The lowest BCUT2D eigenvalue weighted by Crippen LogP contribution is -2.41. The number of carbonyl (C=O) groups excluding carboxylic acids is 1. The van der Waals surface area contributed by atoms with Gasteiger partial charge in [-0.3, -0.25) is 14.9 Å². The van der Waals surface area contributed by atoms with Crippen molar-refractivity contribution in [2.24, 2.45) is 0 Å². The van der Waals surface area contributed by atoms with Gasteiger partial charge in [-0.1, -0.05) is 15.9 Å². The minimum Gasteiger partial charge on any atom is -0.351 e. The van der Waals surface area contributed by atoms with Gasteiger partial charge in [0.25, 0.3) is 5.69 Å². The van der Waals surface area contributed by atoms with Gasteiger partial charge in [0.1, 0.15) is 0 Å². The second-order valence-electron chi connectivity index (χ2n) is 5.76. The number of hydrogen-bond donors (Lipinski definition) is 2. The van der Waals surface area contributed by atoms with E-state index in [0.29, 0.717) is 29.5 Å². The Morgan fingerprint density at radius 2 is 2.05 bits per heavy atom. The molecule has 0 aromatic heterocycles. The van der Waals surface area contributed by atoms with Gasteiger partial charge in [-0.25, -0.2) is 0 Å². The molecule has 0 aliphatic heterocycles. The zero-order chi connectivity index (χ0) is 16.0. The Labute approximate surface area is 132 Å². The van der Waals surface area contributed by atoms with Gasteiger partial charge in [-0.15, -0.1) is 0 Å². The fraction of sp³-hybridized carbons (Fsp3) is 0.500. The molecule has 0 radical (unpaired) electrons. The number of nitrogens with zero attached hydrogens (tertiary/aromatic N) is 1. The van der Waals surface area contributed by atoms with Crippen molar-refractivity contribution in [1.29, 1.82) is 0 Å². The van der Waals surface area contributed by atoms with Gasteiger partial charge in [0, 0.05) is 41.2 Å². The predicted molar refractivity (Wildman–Crippen MR) is 85.0 cm³/mol. The molecule has 6 nitrogen and oxygen atoms in total. The van der Waals surface area contributed by atoms with Gasteiger partial charge in [0.2, 0.25) is 5.91 Å². The molecule has 0 saturated carbocycles. The number of benzene rings is 1. The summed E-state index contributed by atoms with van der Waals surface area (Å²) >= 11 is 3.22. The van der Waals surface area contributed by atoms with Crippen molar-refractivity contribution >= 4 is 27.5 Å². The van der Waals surface area contributed by atoms with Crippen LogP contribution < -0.4 is 10.6 Å². The van der Waals surface area contributed by atoms with Crippen LogP contribution in [-0.4, -0.2) is 22.9 Å². The largest absolute Gasteiger partial charge is 0.351 e. The first kappa shape index (κ1) is 17.6. The van der Waals surface area contributed by atoms with E-state index < -0.39 is 4.92 Å². The topological polar surface area (TPSA) is 84.3 Å². The van der Waals surface area contributed by atoms with Gasteiger partial charge in [-0.05, 0) is 32.9 Å². The Bertz CT molecular complexity index is 527. The van der Waals surface area contributed by atoms with Gasteiger partial charge < -0.3 is 10.6 Å². The van der Waals surface area contributed by atoms with Crippen molar-refractivity contribution < 1.29 is 9.72 Å².